The summed E-state index contributed by atoms with van der Waals surface area (Å²) in [4.78, 5) is 37.3. The number of esters is 2. The highest BCUT2D eigenvalue weighted by Gasteiger charge is 2.47. The van der Waals surface area contributed by atoms with Crippen molar-refractivity contribution in [2.24, 2.45) is 0 Å². The number of Topliss-reactive ketones (excluding diaryl/α,β-unsaturated/α-hetero) is 1. The highest BCUT2D eigenvalue weighted by molar-refractivity contribution is 9.09. The predicted molar refractivity (Wildman–Crippen MR) is 99.6 cm³/mol. The van der Waals surface area contributed by atoms with E-state index < -0.39 is 41.0 Å². The molecule has 7 heteroatoms. The van der Waals surface area contributed by atoms with Crippen LogP contribution in [-0.2, 0) is 19.0 Å². The number of carbonyl (C=O) groups is 3. The largest absolute Gasteiger partial charge is 0.452 e. The van der Waals surface area contributed by atoms with Crippen LogP contribution in [-0.4, -0.2) is 41.0 Å². The maximum atomic E-state index is 12.5. The van der Waals surface area contributed by atoms with E-state index in [-0.39, 0.29) is 0 Å². The SMILES string of the molecule is C[C@@H]1O[C@@H](Br)C(=O)[C@H](OC(=O)c2ccccc2)[C@H]1OC(=O)c1ccccc1. The molecular formula is C20H17BrO6. The smallest absolute Gasteiger partial charge is 0.338 e. The minimum atomic E-state index is -1.28. The molecule has 6 nitrogen and oxygen atoms in total. The molecule has 0 spiro atoms. The van der Waals surface area contributed by atoms with Gasteiger partial charge in [-0.3, -0.25) is 4.79 Å². The van der Waals surface area contributed by atoms with Gasteiger partial charge in [-0.25, -0.2) is 9.59 Å². The first kappa shape index (κ1) is 19.3. The summed E-state index contributed by atoms with van der Waals surface area (Å²) in [7, 11) is 0. The molecule has 0 saturated carbocycles. The van der Waals surface area contributed by atoms with Crippen LogP contribution in [0.2, 0.25) is 0 Å². The molecular weight excluding hydrogens is 416 g/mol. The molecule has 2 aromatic carbocycles. The van der Waals surface area contributed by atoms with Crippen LogP contribution in [0, 0.1) is 0 Å². The van der Waals surface area contributed by atoms with E-state index in [0.717, 1.165) is 0 Å². The monoisotopic (exact) mass is 432 g/mol. The van der Waals surface area contributed by atoms with Crippen molar-refractivity contribution in [1.29, 1.82) is 0 Å². The Morgan fingerprint density at radius 1 is 0.889 bits per heavy atom. The van der Waals surface area contributed by atoms with E-state index in [1.807, 2.05) is 0 Å². The lowest BCUT2D eigenvalue weighted by Crippen LogP contribution is -2.55. The third-order valence-corrected chi connectivity index (χ3v) is 4.76. The van der Waals surface area contributed by atoms with Crippen LogP contribution in [0.4, 0.5) is 0 Å². The highest BCUT2D eigenvalue weighted by Crippen LogP contribution is 2.27. The Morgan fingerprint density at radius 2 is 1.37 bits per heavy atom. The Morgan fingerprint density at radius 3 is 1.89 bits per heavy atom. The number of ether oxygens (including phenoxy) is 3. The Hall–Kier alpha value is -2.51. The maximum Gasteiger partial charge on any atom is 0.338 e. The van der Waals surface area contributed by atoms with Gasteiger partial charge in [-0.05, 0) is 47.1 Å². The molecule has 0 bridgehead atoms. The van der Waals surface area contributed by atoms with E-state index in [9.17, 15) is 14.4 Å². The fourth-order valence-corrected chi connectivity index (χ4v) is 3.28. The zero-order chi connectivity index (χ0) is 19.4. The number of alkyl halides is 1. The fraction of sp³-hybridized carbons (Fsp3) is 0.250. The van der Waals surface area contributed by atoms with E-state index in [4.69, 9.17) is 14.2 Å². The number of ketones is 1. The van der Waals surface area contributed by atoms with Gasteiger partial charge in [-0.15, -0.1) is 0 Å². The van der Waals surface area contributed by atoms with E-state index >= 15 is 0 Å². The molecule has 3 rings (SSSR count). The topological polar surface area (TPSA) is 78.9 Å². The van der Waals surface area contributed by atoms with Crippen LogP contribution < -0.4 is 0 Å². The lowest BCUT2D eigenvalue weighted by Gasteiger charge is -2.36. The van der Waals surface area contributed by atoms with Crippen molar-refractivity contribution < 1.29 is 28.6 Å². The normalized spacial score (nSPS) is 24.9. The van der Waals surface area contributed by atoms with Crippen molar-refractivity contribution in [3.05, 3.63) is 71.8 Å². The van der Waals surface area contributed by atoms with Gasteiger partial charge in [-0.2, -0.15) is 0 Å². The first-order valence-corrected chi connectivity index (χ1v) is 9.24. The molecule has 0 amide bonds. The zero-order valence-corrected chi connectivity index (χ0v) is 16.0. The van der Waals surface area contributed by atoms with Crippen LogP contribution in [0.3, 0.4) is 0 Å². The molecule has 1 saturated heterocycles. The fourth-order valence-electron chi connectivity index (χ4n) is 2.68. The summed E-state index contributed by atoms with van der Waals surface area (Å²) in [5.41, 5.74) is 0.620. The van der Waals surface area contributed by atoms with Gasteiger partial charge in [0.25, 0.3) is 0 Å². The minimum Gasteiger partial charge on any atom is -0.452 e. The maximum absolute atomic E-state index is 12.5. The minimum absolute atomic E-state index is 0.295. The summed E-state index contributed by atoms with van der Waals surface area (Å²) in [5.74, 6) is -1.83. The summed E-state index contributed by atoms with van der Waals surface area (Å²) in [6, 6.07) is 16.6. The van der Waals surface area contributed by atoms with Crippen molar-refractivity contribution in [1.82, 2.24) is 0 Å². The quantitative estimate of drug-likeness (QED) is 0.545. The first-order valence-electron chi connectivity index (χ1n) is 8.32. The van der Waals surface area contributed by atoms with E-state index in [1.54, 1.807) is 67.6 Å². The molecule has 1 aliphatic heterocycles. The number of carbonyl (C=O) groups excluding carboxylic acids is 3. The standard InChI is InChI=1S/C20H17BrO6/c1-12-16(26-19(23)13-8-4-2-5-9-13)17(15(22)18(21)25-12)27-20(24)14-10-6-3-7-11-14/h2-12,16-18H,1H3/t12-,16-,17-,18+/m0/s1. The Balaban J connectivity index is 1.81. The molecule has 1 aliphatic rings. The van der Waals surface area contributed by atoms with Crippen molar-refractivity contribution in [3.8, 4) is 0 Å². The molecule has 4 atom stereocenters. The van der Waals surface area contributed by atoms with Gasteiger partial charge in [0, 0.05) is 0 Å². The highest BCUT2D eigenvalue weighted by atomic mass is 79.9. The molecule has 0 N–H and O–H groups in total. The first-order chi connectivity index (χ1) is 13.0. The molecule has 1 fully saturated rings. The lowest BCUT2D eigenvalue weighted by atomic mass is 10.0. The van der Waals surface area contributed by atoms with Gasteiger partial charge in [-0.1, -0.05) is 36.4 Å². The van der Waals surface area contributed by atoms with Crippen LogP contribution >= 0.6 is 15.9 Å². The molecule has 0 radical (unpaired) electrons. The average molecular weight is 433 g/mol. The summed E-state index contributed by atoms with van der Waals surface area (Å²) >= 11 is 3.12. The third kappa shape index (κ3) is 4.43. The molecule has 0 aliphatic carbocycles. The Labute approximate surface area is 164 Å². The van der Waals surface area contributed by atoms with Gasteiger partial charge in [0.15, 0.2) is 11.1 Å². The summed E-state index contributed by atoms with van der Waals surface area (Å²) < 4.78 is 16.3. The number of benzene rings is 2. The van der Waals surface area contributed by atoms with E-state index in [0.29, 0.717) is 11.1 Å². The predicted octanol–water partition coefficient (Wildman–Crippen LogP) is 3.15. The Kier molecular flexibility index (Phi) is 6.03. The number of rotatable bonds is 4. The van der Waals surface area contributed by atoms with Crippen molar-refractivity contribution >= 4 is 33.7 Å². The summed E-state index contributed by atoms with van der Waals surface area (Å²) in [6.45, 7) is 1.65. The number of hydrogen-bond acceptors (Lipinski definition) is 6. The second-order valence-electron chi connectivity index (χ2n) is 5.99. The van der Waals surface area contributed by atoms with Gasteiger partial charge in [0.05, 0.1) is 17.2 Å². The van der Waals surface area contributed by atoms with Crippen molar-refractivity contribution in [2.45, 2.75) is 30.2 Å². The lowest BCUT2D eigenvalue weighted by molar-refractivity contribution is -0.168. The molecule has 2 aromatic rings. The molecule has 140 valence electrons. The van der Waals surface area contributed by atoms with E-state index in [1.165, 1.54) is 0 Å². The number of halogens is 1. The second-order valence-corrected chi connectivity index (χ2v) is 6.82. The number of hydrogen-bond donors (Lipinski definition) is 0. The van der Waals surface area contributed by atoms with Gasteiger partial charge >= 0.3 is 11.9 Å². The van der Waals surface area contributed by atoms with Crippen LogP contribution in [0.25, 0.3) is 0 Å². The summed E-state index contributed by atoms with van der Waals surface area (Å²) in [6.07, 6.45) is -3.00. The Bertz CT molecular complexity index is 823. The molecule has 0 unspecified atom stereocenters. The van der Waals surface area contributed by atoms with Crippen LogP contribution in [0.15, 0.2) is 60.7 Å². The van der Waals surface area contributed by atoms with Gasteiger partial charge < -0.3 is 14.2 Å². The van der Waals surface area contributed by atoms with Crippen molar-refractivity contribution in [3.63, 3.8) is 0 Å². The molecule has 0 aromatic heterocycles. The van der Waals surface area contributed by atoms with E-state index in [2.05, 4.69) is 15.9 Å². The zero-order valence-electron chi connectivity index (χ0n) is 14.4. The summed E-state index contributed by atoms with van der Waals surface area (Å²) in [5, 5.41) is -0.951. The second kappa shape index (κ2) is 8.45. The van der Waals surface area contributed by atoms with Gasteiger partial charge in [0.1, 0.15) is 0 Å². The van der Waals surface area contributed by atoms with Gasteiger partial charge in [0.2, 0.25) is 11.9 Å². The molecule has 27 heavy (non-hydrogen) atoms. The molecule has 1 heterocycles. The van der Waals surface area contributed by atoms with Crippen LogP contribution in [0.1, 0.15) is 27.6 Å². The third-order valence-electron chi connectivity index (χ3n) is 4.10. The van der Waals surface area contributed by atoms with Crippen LogP contribution in [0.5, 0.6) is 0 Å². The van der Waals surface area contributed by atoms with Crippen molar-refractivity contribution in [2.75, 3.05) is 0 Å². The average Bonchev–Trinajstić information content (AvgIpc) is 2.69.